The standard InChI is InChI=1S/C19H26N4O3.HI/c1-20-19(22-10-8-15-7-5-6-9-21-15)23-13-14-11-17(25-3)18(26-4)12-16(14)24-2;/h5-7,9,11-12H,8,10,13H2,1-4H3,(H2,20,22,23);1H. The second-order valence-electron chi connectivity index (χ2n) is 5.44. The molecule has 0 aliphatic carbocycles. The van der Waals surface area contributed by atoms with Crippen molar-refractivity contribution in [2.45, 2.75) is 13.0 Å². The summed E-state index contributed by atoms with van der Waals surface area (Å²) in [5.74, 6) is 2.71. The lowest BCUT2D eigenvalue weighted by Crippen LogP contribution is -2.38. The SMILES string of the molecule is CN=C(NCCc1ccccn1)NCc1cc(OC)c(OC)cc1OC.I. The topological polar surface area (TPSA) is 77.0 Å². The molecule has 0 spiro atoms. The molecule has 0 saturated carbocycles. The van der Waals surface area contributed by atoms with Gasteiger partial charge in [-0.15, -0.1) is 24.0 Å². The summed E-state index contributed by atoms with van der Waals surface area (Å²) in [6, 6.07) is 9.61. The van der Waals surface area contributed by atoms with Crippen LogP contribution in [-0.2, 0) is 13.0 Å². The number of ether oxygens (including phenoxy) is 3. The van der Waals surface area contributed by atoms with E-state index in [9.17, 15) is 0 Å². The monoisotopic (exact) mass is 486 g/mol. The lowest BCUT2D eigenvalue weighted by Gasteiger charge is -2.16. The van der Waals surface area contributed by atoms with E-state index in [1.165, 1.54) is 0 Å². The second-order valence-corrected chi connectivity index (χ2v) is 5.44. The first-order valence-corrected chi connectivity index (χ1v) is 8.35. The molecule has 1 aromatic heterocycles. The van der Waals surface area contributed by atoms with Crippen LogP contribution < -0.4 is 24.8 Å². The van der Waals surface area contributed by atoms with Crippen LogP contribution in [0, 0.1) is 0 Å². The minimum atomic E-state index is 0. The Labute approximate surface area is 177 Å². The van der Waals surface area contributed by atoms with E-state index >= 15 is 0 Å². The Kier molecular flexibility index (Phi) is 10.3. The van der Waals surface area contributed by atoms with Crippen LogP contribution in [-0.4, -0.2) is 45.9 Å². The molecule has 0 radical (unpaired) electrons. The molecule has 0 unspecified atom stereocenters. The van der Waals surface area contributed by atoms with Crippen LogP contribution in [0.4, 0.5) is 0 Å². The van der Waals surface area contributed by atoms with Crippen molar-refractivity contribution in [3.05, 3.63) is 47.8 Å². The summed E-state index contributed by atoms with van der Waals surface area (Å²) < 4.78 is 16.1. The smallest absolute Gasteiger partial charge is 0.191 e. The van der Waals surface area contributed by atoms with E-state index in [-0.39, 0.29) is 24.0 Å². The van der Waals surface area contributed by atoms with Crippen molar-refractivity contribution < 1.29 is 14.2 Å². The van der Waals surface area contributed by atoms with Gasteiger partial charge in [-0.1, -0.05) is 6.07 Å². The number of rotatable bonds is 8. The highest BCUT2D eigenvalue weighted by Crippen LogP contribution is 2.34. The first kappa shape index (κ1) is 22.8. The fourth-order valence-corrected chi connectivity index (χ4v) is 2.49. The maximum Gasteiger partial charge on any atom is 0.191 e. The molecule has 0 amide bonds. The molecule has 0 aliphatic heterocycles. The summed E-state index contributed by atoms with van der Waals surface area (Å²) in [6.45, 7) is 1.27. The quantitative estimate of drug-likeness (QED) is 0.340. The van der Waals surface area contributed by atoms with Crippen molar-refractivity contribution in [1.29, 1.82) is 0 Å². The molecule has 7 nitrogen and oxygen atoms in total. The molecule has 0 atom stereocenters. The molecule has 2 rings (SSSR count). The molecule has 1 aromatic carbocycles. The van der Waals surface area contributed by atoms with Crippen molar-refractivity contribution in [2.24, 2.45) is 4.99 Å². The van der Waals surface area contributed by atoms with Gasteiger partial charge in [0.1, 0.15) is 5.75 Å². The van der Waals surface area contributed by atoms with Crippen LogP contribution in [0.1, 0.15) is 11.3 Å². The van der Waals surface area contributed by atoms with Crippen molar-refractivity contribution in [2.75, 3.05) is 34.9 Å². The third-order valence-corrected chi connectivity index (χ3v) is 3.86. The van der Waals surface area contributed by atoms with Crippen LogP contribution >= 0.6 is 24.0 Å². The van der Waals surface area contributed by atoms with Gasteiger partial charge in [-0.2, -0.15) is 0 Å². The van der Waals surface area contributed by atoms with Crippen LogP contribution in [0.5, 0.6) is 17.2 Å². The summed E-state index contributed by atoms with van der Waals surface area (Å²) in [6.07, 6.45) is 2.62. The molecule has 27 heavy (non-hydrogen) atoms. The van der Waals surface area contributed by atoms with Gasteiger partial charge in [-0.3, -0.25) is 9.98 Å². The number of halogens is 1. The van der Waals surface area contributed by atoms with Crippen molar-refractivity contribution >= 4 is 29.9 Å². The molecular formula is C19H27IN4O3. The normalized spacial score (nSPS) is 10.6. The van der Waals surface area contributed by atoms with Crippen LogP contribution in [0.2, 0.25) is 0 Å². The fraction of sp³-hybridized carbons (Fsp3) is 0.368. The first-order valence-electron chi connectivity index (χ1n) is 8.35. The molecule has 0 saturated heterocycles. The lowest BCUT2D eigenvalue weighted by molar-refractivity contribution is 0.347. The predicted molar refractivity (Wildman–Crippen MR) is 118 cm³/mol. The van der Waals surface area contributed by atoms with Gasteiger partial charge in [-0.25, -0.2) is 0 Å². The molecule has 0 fully saturated rings. The summed E-state index contributed by atoms with van der Waals surface area (Å²) in [5.41, 5.74) is 1.98. The van der Waals surface area contributed by atoms with E-state index in [4.69, 9.17) is 14.2 Å². The Bertz CT molecular complexity index is 726. The van der Waals surface area contributed by atoms with Crippen LogP contribution in [0.3, 0.4) is 0 Å². The van der Waals surface area contributed by atoms with Crippen molar-refractivity contribution in [1.82, 2.24) is 15.6 Å². The zero-order valence-electron chi connectivity index (χ0n) is 16.1. The average molecular weight is 486 g/mol. The van der Waals surface area contributed by atoms with Gasteiger partial charge >= 0.3 is 0 Å². The minimum absolute atomic E-state index is 0. The third kappa shape index (κ3) is 6.78. The molecule has 1 heterocycles. The Morgan fingerprint density at radius 3 is 2.30 bits per heavy atom. The zero-order chi connectivity index (χ0) is 18.8. The molecule has 2 N–H and O–H groups in total. The number of hydrogen-bond donors (Lipinski definition) is 2. The van der Waals surface area contributed by atoms with Crippen molar-refractivity contribution in [3.63, 3.8) is 0 Å². The van der Waals surface area contributed by atoms with E-state index < -0.39 is 0 Å². The van der Waals surface area contributed by atoms with E-state index in [1.54, 1.807) is 34.6 Å². The van der Waals surface area contributed by atoms with Gasteiger partial charge in [0.2, 0.25) is 0 Å². The number of benzene rings is 1. The van der Waals surface area contributed by atoms with Gasteiger partial charge in [0.05, 0.1) is 21.3 Å². The Morgan fingerprint density at radius 1 is 1.00 bits per heavy atom. The molecule has 148 valence electrons. The summed E-state index contributed by atoms with van der Waals surface area (Å²) >= 11 is 0. The molecular weight excluding hydrogens is 459 g/mol. The number of pyridine rings is 1. The lowest BCUT2D eigenvalue weighted by atomic mass is 10.1. The molecule has 0 bridgehead atoms. The molecule has 8 heteroatoms. The number of methoxy groups -OCH3 is 3. The Hall–Kier alpha value is -2.23. The first-order chi connectivity index (χ1) is 12.7. The number of aromatic nitrogens is 1. The maximum atomic E-state index is 5.45. The third-order valence-electron chi connectivity index (χ3n) is 3.86. The zero-order valence-corrected chi connectivity index (χ0v) is 18.4. The largest absolute Gasteiger partial charge is 0.496 e. The maximum absolute atomic E-state index is 5.45. The fourth-order valence-electron chi connectivity index (χ4n) is 2.49. The average Bonchev–Trinajstić information content (AvgIpc) is 2.70. The van der Waals surface area contributed by atoms with E-state index in [2.05, 4.69) is 20.6 Å². The summed E-state index contributed by atoms with van der Waals surface area (Å²) in [4.78, 5) is 8.55. The molecule has 2 aromatic rings. The summed E-state index contributed by atoms with van der Waals surface area (Å²) in [5, 5.41) is 6.56. The number of hydrogen-bond acceptors (Lipinski definition) is 5. The second kappa shape index (κ2) is 12.2. The van der Waals surface area contributed by atoms with Gasteiger partial charge in [-0.05, 0) is 18.2 Å². The highest BCUT2D eigenvalue weighted by Gasteiger charge is 2.12. The molecule has 0 aliphatic rings. The van der Waals surface area contributed by atoms with Crippen molar-refractivity contribution in [3.8, 4) is 17.2 Å². The van der Waals surface area contributed by atoms with E-state index in [0.29, 0.717) is 24.0 Å². The number of aliphatic imine (C=N–C) groups is 1. The van der Waals surface area contributed by atoms with Gasteiger partial charge in [0, 0.05) is 50.1 Å². The predicted octanol–water partition coefficient (Wildman–Crippen LogP) is 2.63. The van der Waals surface area contributed by atoms with Crippen LogP contribution in [0.15, 0.2) is 41.5 Å². The highest BCUT2D eigenvalue weighted by atomic mass is 127. The minimum Gasteiger partial charge on any atom is -0.496 e. The van der Waals surface area contributed by atoms with E-state index in [1.807, 2.05) is 30.3 Å². The van der Waals surface area contributed by atoms with Gasteiger partial charge in [0.15, 0.2) is 17.5 Å². The van der Waals surface area contributed by atoms with Crippen LogP contribution in [0.25, 0.3) is 0 Å². The number of nitrogens with one attached hydrogen (secondary N) is 2. The van der Waals surface area contributed by atoms with Gasteiger partial charge in [0.25, 0.3) is 0 Å². The number of nitrogens with zero attached hydrogens (tertiary/aromatic N) is 2. The van der Waals surface area contributed by atoms with Gasteiger partial charge < -0.3 is 24.8 Å². The highest BCUT2D eigenvalue weighted by molar-refractivity contribution is 14.0. The van der Waals surface area contributed by atoms with E-state index in [0.717, 1.165) is 30.0 Å². The summed E-state index contributed by atoms with van der Waals surface area (Å²) in [7, 11) is 6.58. The number of guanidine groups is 1. The Morgan fingerprint density at radius 2 is 1.70 bits per heavy atom. The Balaban J connectivity index is 0.00000364.